The standard InChI is InChI=1S/C32H26N4O5S/c1-3-40-31(39)23-15-13-22(14-16-23)26-17-18-27(41-26)30-35(20(2)37)25-12-8-7-11-24(25)28-29(38)33-32(34-36(28)30)42-19-21-9-5-4-6-10-21/h4-18,30H,3,19H2,1-2H3. The van der Waals surface area contributed by atoms with Gasteiger partial charge in [-0.15, -0.1) is 0 Å². The molecule has 0 radical (unpaired) electrons. The molecule has 3 heterocycles. The Morgan fingerprint density at radius 1 is 1.00 bits per heavy atom. The molecule has 0 aliphatic carbocycles. The van der Waals surface area contributed by atoms with Crippen molar-refractivity contribution in [3.05, 3.63) is 108 Å². The Morgan fingerprint density at radius 3 is 2.48 bits per heavy atom. The Labute approximate surface area is 246 Å². The van der Waals surface area contributed by atoms with Crippen LogP contribution in [0.15, 0.2) is 101 Å². The van der Waals surface area contributed by atoms with Crippen LogP contribution >= 0.6 is 11.8 Å². The first-order chi connectivity index (χ1) is 20.4. The number of anilines is 1. The average Bonchev–Trinajstić information content (AvgIpc) is 3.50. The molecule has 210 valence electrons. The second-order valence-corrected chi connectivity index (χ2v) is 10.5. The number of hydrogen-bond acceptors (Lipinski definition) is 8. The molecule has 0 fully saturated rings. The number of amides is 1. The molecule has 0 saturated carbocycles. The highest BCUT2D eigenvalue weighted by molar-refractivity contribution is 7.98. The minimum absolute atomic E-state index is 0.244. The first-order valence-corrected chi connectivity index (χ1v) is 14.4. The maximum atomic E-state index is 13.5. The molecule has 0 saturated heterocycles. The summed E-state index contributed by atoms with van der Waals surface area (Å²) in [5.41, 5.74) is 3.64. The molecule has 9 nitrogen and oxygen atoms in total. The Morgan fingerprint density at radius 2 is 1.74 bits per heavy atom. The van der Waals surface area contributed by atoms with Crippen molar-refractivity contribution in [3.8, 4) is 28.5 Å². The van der Waals surface area contributed by atoms with Crippen molar-refractivity contribution >= 4 is 29.3 Å². The van der Waals surface area contributed by atoms with Gasteiger partial charge >= 0.3 is 12.1 Å². The molecule has 0 bridgehead atoms. The lowest BCUT2D eigenvalue weighted by molar-refractivity contribution is -0.765. The first-order valence-electron chi connectivity index (χ1n) is 13.4. The molecule has 0 N–H and O–H groups in total. The third kappa shape index (κ3) is 5.12. The summed E-state index contributed by atoms with van der Waals surface area (Å²) in [6.07, 6.45) is -0.869. The van der Waals surface area contributed by atoms with Gasteiger partial charge in [-0.3, -0.25) is 4.79 Å². The van der Waals surface area contributed by atoms with E-state index in [4.69, 9.17) is 14.3 Å². The highest BCUT2D eigenvalue weighted by Gasteiger charge is 2.45. The van der Waals surface area contributed by atoms with E-state index in [9.17, 15) is 14.7 Å². The summed E-state index contributed by atoms with van der Waals surface area (Å²) in [5, 5.41) is 18.6. The molecule has 1 atom stereocenters. The summed E-state index contributed by atoms with van der Waals surface area (Å²) in [4.78, 5) is 31.1. The largest absolute Gasteiger partial charge is 0.854 e. The van der Waals surface area contributed by atoms with E-state index in [-0.39, 0.29) is 11.6 Å². The summed E-state index contributed by atoms with van der Waals surface area (Å²) < 4.78 is 12.9. The van der Waals surface area contributed by atoms with Crippen LogP contribution in [0, 0.1) is 0 Å². The van der Waals surface area contributed by atoms with Gasteiger partial charge in [-0.05, 0) is 53.6 Å². The minimum Gasteiger partial charge on any atom is -0.854 e. The molecule has 2 aromatic heterocycles. The summed E-state index contributed by atoms with van der Waals surface area (Å²) in [6, 6.07) is 27.5. The lowest BCUT2D eigenvalue weighted by atomic mass is 10.0. The van der Waals surface area contributed by atoms with Crippen molar-refractivity contribution in [1.29, 1.82) is 0 Å². The lowest BCUT2D eigenvalue weighted by Crippen LogP contribution is -2.58. The van der Waals surface area contributed by atoms with Crippen LogP contribution in [0.2, 0.25) is 0 Å². The zero-order chi connectivity index (χ0) is 29.2. The highest BCUT2D eigenvalue weighted by atomic mass is 32.2. The van der Waals surface area contributed by atoms with Crippen LogP contribution in [0.4, 0.5) is 5.69 Å². The molecule has 1 unspecified atom stereocenters. The third-order valence-electron chi connectivity index (χ3n) is 6.83. The number of esters is 1. The predicted molar refractivity (Wildman–Crippen MR) is 155 cm³/mol. The number of aromatic nitrogens is 3. The van der Waals surface area contributed by atoms with Crippen LogP contribution in [0.3, 0.4) is 0 Å². The van der Waals surface area contributed by atoms with Gasteiger partial charge in [0.2, 0.25) is 5.91 Å². The van der Waals surface area contributed by atoms with Gasteiger partial charge in [0.1, 0.15) is 5.76 Å². The van der Waals surface area contributed by atoms with E-state index in [2.05, 4.69) is 4.98 Å². The highest BCUT2D eigenvalue weighted by Crippen LogP contribution is 2.41. The first kappa shape index (κ1) is 27.2. The zero-order valence-corrected chi connectivity index (χ0v) is 23.7. The second kappa shape index (κ2) is 11.5. The Balaban J connectivity index is 1.42. The maximum Gasteiger partial charge on any atom is 0.338 e. The molecule has 1 amide bonds. The van der Waals surface area contributed by atoms with Crippen molar-refractivity contribution < 1.29 is 28.5 Å². The number of hydrogen-bond donors (Lipinski definition) is 0. The number of nitrogens with zero attached hydrogens (tertiary/aromatic N) is 4. The van der Waals surface area contributed by atoms with Gasteiger partial charge in [-0.25, -0.2) is 14.7 Å². The average molecular weight is 579 g/mol. The number of furan rings is 1. The normalized spacial score (nSPS) is 13.8. The molecule has 42 heavy (non-hydrogen) atoms. The van der Waals surface area contributed by atoms with Gasteiger partial charge in [-0.2, -0.15) is 0 Å². The molecule has 3 aromatic carbocycles. The molecular weight excluding hydrogens is 552 g/mol. The lowest BCUT2D eigenvalue weighted by Gasteiger charge is -2.31. The molecule has 0 spiro atoms. The van der Waals surface area contributed by atoms with E-state index in [1.807, 2.05) is 42.5 Å². The number of benzene rings is 3. The van der Waals surface area contributed by atoms with Gasteiger partial charge in [0, 0.05) is 23.3 Å². The van der Waals surface area contributed by atoms with Crippen LogP contribution in [-0.4, -0.2) is 28.6 Å². The zero-order valence-electron chi connectivity index (χ0n) is 22.9. The van der Waals surface area contributed by atoms with Gasteiger partial charge in [0.05, 0.1) is 29.3 Å². The van der Waals surface area contributed by atoms with Crippen LogP contribution in [0.5, 0.6) is 5.88 Å². The minimum atomic E-state index is -0.869. The summed E-state index contributed by atoms with van der Waals surface area (Å²) >= 11 is 1.34. The Hall–Kier alpha value is -4.96. The van der Waals surface area contributed by atoms with Crippen molar-refractivity contribution in [3.63, 3.8) is 0 Å². The van der Waals surface area contributed by atoms with E-state index >= 15 is 0 Å². The monoisotopic (exact) mass is 578 g/mol. The molecule has 10 heteroatoms. The van der Waals surface area contributed by atoms with Gasteiger partial charge in [-0.1, -0.05) is 66.4 Å². The number of fused-ring (bicyclic) bond motifs is 3. The van der Waals surface area contributed by atoms with Crippen LogP contribution in [0.25, 0.3) is 22.6 Å². The van der Waals surface area contributed by atoms with Crippen molar-refractivity contribution in [2.75, 3.05) is 11.5 Å². The van der Waals surface area contributed by atoms with E-state index in [1.54, 1.807) is 65.0 Å². The number of thioether (sulfide) groups is 1. The topological polar surface area (TPSA) is 112 Å². The van der Waals surface area contributed by atoms with Crippen molar-refractivity contribution in [1.82, 2.24) is 10.1 Å². The number of carbonyl (C=O) groups excluding carboxylic acids is 2. The van der Waals surface area contributed by atoms with E-state index < -0.39 is 18.0 Å². The number of para-hydroxylation sites is 1. The van der Waals surface area contributed by atoms with Gasteiger partial charge in [0.15, 0.2) is 5.76 Å². The second-order valence-electron chi connectivity index (χ2n) is 9.55. The molecule has 1 aliphatic rings. The third-order valence-corrected chi connectivity index (χ3v) is 7.74. The molecule has 1 aliphatic heterocycles. The van der Waals surface area contributed by atoms with Crippen LogP contribution in [-0.2, 0) is 15.3 Å². The maximum absolute atomic E-state index is 13.5. The Bertz CT molecular complexity index is 1770. The number of rotatable bonds is 7. The van der Waals surface area contributed by atoms with Crippen LogP contribution in [0.1, 0.15) is 41.7 Å². The van der Waals surface area contributed by atoms with Crippen LogP contribution < -0.4 is 14.7 Å². The predicted octanol–water partition coefficient (Wildman–Crippen LogP) is 5.15. The van der Waals surface area contributed by atoms with E-state index in [0.29, 0.717) is 45.9 Å². The van der Waals surface area contributed by atoms with Crippen molar-refractivity contribution in [2.45, 2.75) is 30.9 Å². The van der Waals surface area contributed by atoms with E-state index in [1.165, 1.54) is 18.7 Å². The summed E-state index contributed by atoms with van der Waals surface area (Å²) in [7, 11) is 0. The number of ether oxygens (including phenoxy) is 1. The molecule has 6 rings (SSSR count). The number of carbonyl (C=O) groups is 2. The fraction of sp³-hybridized carbons (Fsp3) is 0.156. The van der Waals surface area contributed by atoms with Gasteiger partial charge in [0.25, 0.3) is 10.9 Å². The van der Waals surface area contributed by atoms with Gasteiger partial charge < -0.3 is 14.3 Å². The summed E-state index contributed by atoms with van der Waals surface area (Å²) in [5.74, 6) is 0.426. The fourth-order valence-corrected chi connectivity index (χ4v) is 5.73. The van der Waals surface area contributed by atoms with E-state index in [0.717, 1.165) is 11.1 Å². The fourth-order valence-electron chi connectivity index (χ4n) is 4.95. The SMILES string of the molecule is CCOC(=O)c1ccc(-c2ccc(C3N(C(C)=O)c4ccccc4-c4c([O-])nc(SCc5ccccc5)n[n+]43)o2)cc1. The Kier molecular flexibility index (Phi) is 7.45. The molecule has 5 aromatic rings. The summed E-state index contributed by atoms with van der Waals surface area (Å²) in [6.45, 7) is 3.52. The quantitative estimate of drug-likeness (QED) is 0.148. The smallest absolute Gasteiger partial charge is 0.338 e. The molecular formula is C32H26N4O5S. The van der Waals surface area contributed by atoms with Crippen molar-refractivity contribution in [2.24, 2.45) is 0 Å².